The van der Waals surface area contributed by atoms with Gasteiger partial charge in [-0.15, -0.1) is 0 Å². The first-order valence-electron chi connectivity index (χ1n) is 10.7. The van der Waals surface area contributed by atoms with Crippen molar-refractivity contribution in [2.45, 2.75) is 26.4 Å². The van der Waals surface area contributed by atoms with Gasteiger partial charge in [-0.25, -0.2) is 4.90 Å². The quantitative estimate of drug-likeness (QED) is 0.323. The molecule has 1 aliphatic rings. The fourth-order valence-corrected chi connectivity index (χ4v) is 3.94. The lowest BCUT2D eigenvalue weighted by atomic mass is 9.99. The van der Waals surface area contributed by atoms with E-state index in [4.69, 9.17) is 21.7 Å². The standard InChI is InChI=1S/C26H24N2O4S/c1-4-16(2)32-22-14-13-17-9-5-6-10-18(17)19(22)15-20-24(29)27-26(33)28(25(20)30)21-11-7-8-12-23(21)31-3/h5-16H,4H2,1-3H3,(H,27,29,33)/b20-15+/t16-/m0/s1. The minimum absolute atomic E-state index is 0.000600. The predicted molar refractivity (Wildman–Crippen MR) is 134 cm³/mol. The van der Waals surface area contributed by atoms with Crippen LogP contribution in [0.5, 0.6) is 11.5 Å². The van der Waals surface area contributed by atoms with Crippen LogP contribution in [-0.2, 0) is 9.59 Å². The van der Waals surface area contributed by atoms with Gasteiger partial charge >= 0.3 is 0 Å². The van der Waals surface area contributed by atoms with Crippen molar-refractivity contribution in [3.8, 4) is 11.5 Å². The second-order valence-corrected chi connectivity index (χ2v) is 8.05. The van der Waals surface area contributed by atoms with Crippen LogP contribution in [0, 0.1) is 0 Å². The third-order valence-corrected chi connectivity index (χ3v) is 5.83. The molecular formula is C26H24N2O4S. The van der Waals surface area contributed by atoms with Crippen molar-refractivity contribution in [3.63, 3.8) is 0 Å². The zero-order valence-electron chi connectivity index (χ0n) is 18.6. The van der Waals surface area contributed by atoms with Gasteiger partial charge in [-0.05, 0) is 60.6 Å². The van der Waals surface area contributed by atoms with E-state index >= 15 is 0 Å². The zero-order chi connectivity index (χ0) is 23.5. The molecule has 6 nitrogen and oxygen atoms in total. The van der Waals surface area contributed by atoms with Gasteiger partial charge in [0.05, 0.1) is 18.9 Å². The summed E-state index contributed by atoms with van der Waals surface area (Å²) in [6, 6.07) is 18.6. The van der Waals surface area contributed by atoms with Gasteiger partial charge in [-0.3, -0.25) is 14.9 Å². The van der Waals surface area contributed by atoms with Crippen LogP contribution in [0.15, 0.2) is 66.2 Å². The van der Waals surface area contributed by atoms with Crippen LogP contribution in [0.2, 0.25) is 0 Å². The molecule has 1 N–H and O–H groups in total. The Kier molecular flexibility index (Phi) is 6.42. The van der Waals surface area contributed by atoms with Gasteiger partial charge in [0.25, 0.3) is 11.8 Å². The van der Waals surface area contributed by atoms with Gasteiger partial charge in [0, 0.05) is 5.56 Å². The van der Waals surface area contributed by atoms with E-state index in [1.54, 1.807) is 30.3 Å². The second kappa shape index (κ2) is 9.42. The SMILES string of the molecule is CC[C@H](C)Oc1ccc2ccccc2c1/C=C1\C(=O)NC(=S)N(c2ccccc2OC)C1=O. The lowest BCUT2D eigenvalue weighted by Gasteiger charge is -2.30. The highest BCUT2D eigenvalue weighted by atomic mass is 32.1. The number of para-hydroxylation sites is 2. The normalized spacial score (nSPS) is 16.2. The number of hydrogen-bond donors (Lipinski definition) is 1. The van der Waals surface area contributed by atoms with Crippen LogP contribution in [0.25, 0.3) is 16.8 Å². The second-order valence-electron chi connectivity index (χ2n) is 7.66. The Morgan fingerprint density at radius 3 is 2.52 bits per heavy atom. The van der Waals surface area contributed by atoms with E-state index in [-0.39, 0.29) is 16.8 Å². The van der Waals surface area contributed by atoms with Crippen molar-refractivity contribution < 1.29 is 19.1 Å². The molecule has 0 saturated carbocycles. The smallest absolute Gasteiger partial charge is 0.270 e. The van der Waals surface area contributed by atoms with E-state index in [1.807, 2.05) is 50.2 Å². The van der Waals surface area contributed by atoms with Gasteiger partial charge in [0.1, 0.15) is 17.1 Å². The Morgan fingerprint density at radius 2 is 1.76 bits per heavy atom. The van der Waals surface area contributed by atoms with Crippen LogP contribution in [-0.4, -0.2) is 30.1 Å². The van der Waals surface area contributed by atoms with Gasteiger partial charge in [0.2, 0.25) is 0 Å². The average Bonchev–Trinajstić information content (AvgIpc) is 2.82. The molecule has 1 saturated heterocycles. The molecule has 0 radical (unpaired) electrons. The molecule has 33 heavy (non-hydrogen) atoms. The molecule has 7 heteroatoms. The molecule has 0 bridgehead atoms. The predicted octanol–water partition coefficient (Wildman–Crippen LogP) is 4.86. The number of rotatable bonds is 6. The van der Waals surface area contributed by atoms with Crippen LogP contribution >= 0.6 is 12.2 Å². The summed E-state index contributed by atoms with van der Waals surface area (Å²) in [5, 5.41) is 4.48. The summed E-state index contributed by atoms with van der Waals surface area (Å²) in [5.41, 5.74) is 1.08. The van der Waals surface area contributed by atoms with Gasteiger partial charge in [-0.2, -0.15) is 0 Å². The topological polar surface area (TPSA) is 67.9 Å². The Labute approximate surface area is 197 Å². The summed E-state index contributed by atoms with van der Waals surface area (Å²) in [6.07, 6.45) is 2.37. The maximum atomic E-state index is 13.6. The highest BCUT2D eigenvalue weighted by Crippen LogP contribution is 2.34. The van der Waals surface area contributed by atoms with Crippen molar-refractivity contribution in [1.29, 1.82) is 0 Å². The molecule has 0 aliphatic carbocycles. The maximum absolute atomic E-state index is 13.6. The summed E-state index contributed by atoms with van der Waals surface area (Å²) >= 11 is 5.33. The Balaban J connectivity index is 1.87. The number of ether oxygens (including phenoxy) is 2. The van der Waals surface area contributed by atoms with Gasteiger partial charge in [-0.1, -0.05) is 49.4 Å². The number of benzene rings is 3. The van der Waals surface area contributed by atoms with Crippen LogP contribution in [0.3, 0.4) is 0 Å². The Hall–Kier alpha value is -3.71. The highest BCUT2D eigenvalue weighted by molar-refractivity contribution is 7.80. The number of hydrogen-bond acceptors (Lipinski definition) is 5. The molecular weight excluding hydrogens is 436 g/mol. The summed E-state index contributed by atoms with van der Waals surface area (Å²) in [6.45, 7) is 4.01. The summed E-state index contributed by atoms with van der Waals surface area (Å²) in [4.78, 5) is 27.7. The van der Waals surface area contributed by atoms with Crippen molar-refractivity contribution in [2.24, 2.45) is 0 Å². The first kappa shape index (κ1) is 22.5. The Morgan fingerprint density at radius 1 is 1.03 bits per heavy atom. The fourth-order valence-electron chi connectivity index (χ4n) is 3.66. The summed E-state index contributed by atoms with van der Waals surface area (Å²) in [7, 11) is 1.51. The molecule has 1 fully saturated rings. The minimum Gasteiger partial charge on any atom is -0.495 e. The van der Waals surface area contributed by atoms with Crippen LogP contribution in [0.4, 0.5) is 5.69 Å². The van der Waals surface area contributed by atoms with Crippen LogP contribution in [0.1, 0.15) is 25.8 Å². The zero-order valence-corrected chi connectivity index (χ0v) is 19.4. The fraction of sp³-hybridized carbons (Fsp3) is 0.192. The number of methoxy groups -OCH3 is 1. The number of nitrogens with zero attached hydrogens (tertiary/aromatic N) is 1. The van der Waals surface area contributed by atoms with E-state index in [1.165, 1.54) is 12.0 Å². The molecule has 0 unspecified atom stereocenters. The number of nitrogens with one attached hydrogen (secondary N) is 1. The number of amides is 2. The number of fused-ring (bicyclic) bond motifs is 1. The maximum Gasteiger partial charge on any atom is 0.270 e. The van der Waals surface area contributed by atoms with Crippen molar-refractivity contribution in [2.75, 3.05) is 12.0 Å². The van der Waals surface area contributed by atoms with E-state index in [2.05, 4.69) is 5.32 Å². The molecule has 1 atom stereocenters. The molecule has 0 spiro atoms. The lowest BCUT2D eigenvalue weighted by molar-refractivity contribution is -0.122. The summed E-state index contributed by atoms with van der Waals surface area (Å²) in [5.74, 6) is -0.0166. The summed E-state index contributed by atoms with van der Waals surface area (Å²) < 4.78 is 11.5. The van der Waals surface area contributed by atoms with Crippen molar-refractivity contribution in [1.82, 2.24) is 5.32 Å². The molecule has 4 rings (SSSR count). The number of anilines is 1. The Bertz CT molecular complexity index is 1280. The third kappa shape index (κ3) is 4.32. The first-order valence-corrected chi connectivity index (χ1v) is 11.1. The number of carbonyl (C=O) groups is 2. The van der Waals surface area contributed by atoms with E-state index in [0.717, 1.165) is 17.2 Å². The van der Waals surface area contributed by atoms with E-state index < -0.39 is 11.8 Å². The average molecular weight is 461 g/mol. The monoisotopic (exact) mass is 460 g/mol. The van der Waals surface area contributed by atoms with E-state index in [9.17, 15) is 9.59 Å². The van der Waals surface area contributed by atoms with E-state index in [0.29, 0.717) is 22.7 Å². The molecule has 0 aromatic heterocycles. The lowest BCUT2D eigenvalue weighted by Crippen LogP contribution is -2.54. The molecule has 1 heterocycles. The highest BCUT2D eigenvalue weighted by Gasteiger charge is 2.36. The molecule has 1 aliphatic heterocycles. The largest absolute Gasteiger partial charge is 0.495 e. The molecule has 168 valence electrons. The van der Waals surface area contributed by atoms with Crippen molar-refractivity contribution in [3.05, 3.63) is 71.8 Å². The molecule has 2 amide bonds. The third-order valence-electron chi connectivity index (χ3n) is 5.55. The molecule has 3 aromatic carbocycles. The van der Waals surface area contributed by atoms with Crippen LogP contribution < -0.4 is 19.7 Å². The molecule has 3 aromatic rings. The first-order chi connectivity index (χ1) is 15.9. The number of carbonyl (C=O) groups excluding carboxylic acids is 2. The van der Waals surface area contributed by atoms with Gasteiger partial charge in [0.15, 0.2) is 5.11 Å². The van der Waals surface area contributed by atoms with Crippen molar-refractivity contribution >= 4 is 51.7 Å². The van der Waals surface area contributed by atoms with Gasteiger partial charge < -0.3 is 9.47 Å². The number of thiocarbonyl (C=S) groups is 1. The minimum atomic E-state index is -0.557.